The molecule has 2 heterocycles. The maximum atomic E-state index is 13.2. The predicted octanol–water partition coefficient (Wildman–Crippen LogP) is 4.11. The number of aromatic nitrogens is 2. The van der Waals surface area contributed by atoms with Gasteiger partial charge in [0.2, 0.25) is 0 Å². The van der Waals surface area contributed by atoms with Crippen LogP contribution in [-0.4, -0.2) is 27.2 Å². The predicted molar refractivity (Wildman–Crippen MR) is 110 cm³/mol. The minimum atomic E-state index is -1.79. The van der Waals surface area contributed by atoms with Gasteiger partial charge in [-0.1, -0.05) is 29.3 Å². The van der Waals surface area contributed by atoms with Gasteiger partial charge in [-0.3, -0.25) is 14.3 Å². The quantitative estimate of drug-likeness (QED) is 0.588. The molecular formula is C20H15Cl2FN4O3. The van der Waals surface area contributed by atoms with Gasteiger partial charge in [0.1, 0.15) is 11.6 Å². The summed E-state index contributed by atoms with van der Waals surface area (Å²) in [5, 5.41) is 10.1. The molecule has 1 aromatic heterocycles. The fourth-order valence-corrected chi connectivity index (χ4v) is 3.33. The van der Waals surface area contributed by atoms with Crippen LogP contribution in [0.1, 0.15) is 12.5 Å². The standard InChI is InChI=1S/C20H15Cl2FN4O3/c1-20(19(29)26-16-6-12(21)3-5-17(16)30-20)18(28)25-14-8-24-27(10-14)9-11-2-4-13(23)7-15(11)22/h2-8,10H,9H2,1H3,(H,25,28)(H,26,29). The second-order valence-electron chi connectivity index (χ2n) is 6.85. The number of hydrogen-bond acceptors (Lipinski definition) is 4. The molecule has 0 spiro atoms. The number of rotatable bonds is 4. The minimum Gasteiger partial charge on any atom is -0.466 e. The third kappa shape index (κ3) is 3.83. The third-order valence-corrected chi connectivity index (χ3v) is 5.20. The monoisotopic (exact) mass is 448 g/mol. The Kier molecular flexibility index (Phi) is 5.13. The second kappa shape index (κ2) is 7.62. The molecule has 154 valence electrons. The summed E-state index contributed by atoms with van der Waals surface area (Å²) in [6, 6.07) is 8.79. The molecule has 2 N–H and O–H groups in total. The summed E-state index contributed by atoms with van der Waals surface area (Å²) in [6.07, 6.45) is 2.99. The Morgan fingerprint density at radius 2 is 2.10 bits per heavy atom. The van der Waals surface area contributed by atoms with Crippen molar-refractivity contribution in [3.05, 3.63) is 70.2 Å². The first-order valence-corrected chi connectivity index (χ1v) is 9.58. The molecule has 1 aliphatic rings. The van der Waals surface area contributed by atoms with Crippen LogP contribution in [0.5, 0.6) is 5.75 Å². The molecule has 0 fully saturated rings. The van der Waals surface area contributed by atoms with E-state index >= 15 is 0 Å². The fraction of sp³-hybridized carbons (Fsp3) is 0.150. The van der Waals surface area contributed by atoms with Crippen LogP contribution < -0.4 is 15.4 Å². The highest BCUT2D eigenvalue weighted by molar-refractivity contribution is 6.31. The molecule has 0 bridgehead atoms. The number of carbonyl (C=O) groups is 2. The van der Waals surface area contributed by atoms with Crippen LogP contribution in [0.15, 0.2) is 48.8 Å². The number of fused-ring (bicyclic) bond motifs is 1. The average molecular weight is 449 g/mol. The highest BCUT2D eigenvalue weighted by Gasteiger charge is 2.47. The van der Waals surface area contributed by atoms with E-state index in [1.807, 2.05) is 0 Å². The summed E-state index contributed by atoms with van der Waals surface area (Å²) in [6.45, 7) is 1.65. The lowest BCUT2D eigenvalue weighted by Crippen LogP contribution is -2.56. The van der Waals surface area contributed by atoms with Gasteiger partial charge in [-0.25, -0.2) is 4.39 Å². The van der Waals surface area contributed by atoms with E-state index in [9.17, 15) is 14.0 Å². The van der Waals surface area contributed by atoms with Gasteiger partial charge in [0, 0.05) is 16.2 Å². The van der Waals surface area contributed by atoms with Crippen molar-refractivity contribution in [1.82, 2.24) is 9.78 Å². The second-order valence-corrected chi connectivity index (χ2v) is 7.69. The zero-order valence-electron chi connectivity index (χ0n) is 15.6. The Morgan fingerprint density at radius 1 is 1.30 bits per heavy atom. The Bertz CT molecular complexity index is 1170. The van der Waals surface area contributed by atoms with Crippen molar-refractivity contribution in [1.29, 1.82) is 0 Å². The van der Waals surface area contributed by atoms with Gasteiger partial charge >= 0.3 is 0 Å². The first-order valence-electron chi connectivity index (χ1n) is 8.82. The number of amides is 2. The van der Waals surface area contributed by atoms with Crippen LogP contribution in [0, 0.1) is 5.82 Å². The lowest BCUT2D eigenvalue weighted by Gasteiger charge is -2.33. The molecule has 0 saturated carbocycles. The number of nitrogens with one attached hydrogen (secondary N) is 2. The molecule has 1 atom stereocenters. The highest BCUT2D eigenvalue weighted by Crippen LogP contribution is 2.36. The Hall–Kier alpha value is -3.10. The highest BCUT2D eigenvalue weighted by atomic mass is 35.5. The molecule has 7 nitrogen and oxygen atoms in total. The fourth-order valence-electron chi connectivity index (χ4n) is 2.94. The largest absolute Gasteiger partial charge is 0.466 e. The summed E-state index contributed by atoms with van der Waals surface area (Å²) >= 11 is 12.0. The smallest absolute Gasteiger partial charge is 0.278 e. The third-order valence-electron chi connectivity index (χ3n) is 4.61. The molecule has 1 unspecified atom stereocenters. The zero-order valence-corrected chi connectivity index (χ0v) is 17.1. The van der Waals surface area contributed by atoms with Gasteiger partial charge in [0.05, 0.1) is 24.1 Å². The summed E-state index contributed by atoms with van der Waals surface area (Å²) in [4.78, 5) is 25.3. The summed E-state index contributed by atoms with van der Waals surface area (Å²) in [5.74, 6) is -1.39. The average Bonchev–Trinajstić information content (AvgIpc) is 3.12. The van der Waals surface area contributed by atoms with Crippen LogP contribution in [0.3, 0.4) is 0 Å². The number of benzene rings is 2. The number of anilines is 2. The molecule has 0 saturated heterocycles. The van der Waals surface area contributed by atoms with Crippen LogP contribution >= 0.6 is 23.2 Å². The van der Waals surface area contributed by atoms with Gasteiger partial charge in [0.15, 0.2) is 0 Å². The Labute approximate surface area is 180 Å². The maximum absolute atomic E-state index is 13.2. The van der Waals surface area contributed by atoms with E-state index in [1.165, 1.54) is 36.0 Å². The van der Waals surface area contributed by atoms with Crippen LogP contribution in [0.2, 0.25) is 10.0 Å². The SMILES string of the molecule is CC1(C(=O)Nc2cnn(Cc3ccc(F)cc3Cl)c2)Oc2ccc(Cl)cc2NC1=O. The summed E-state index contributed by atoms with van der Waals surface area (Å²) in [7, 11) is 0. The molecule has 2 amide bonds. The van der Waals surface area contributed by atoms with Crippen LogP contribution in [0.4, 0.5) is 15.8 Å². The van der Waals surface area contributed by atoms with Gasteiger partial charge in [-0.2, -0.15) is 5.10 Å². The summed E-state index contributed by atoms with van der Waals surface area (Å²) in [5.41, 5.74) is -0.376. The van der Waals surface area contributed by atoms with Crippen molar-refractivity contribution in [3.63, 3.8) is 0 Å². The topological polar surface area (TPSA) is 85.2 Å². The molecular weight excluding hydrogens is 434 g/mol. The van der Waals surface area contributed by atoms with E-state index in [1.54, 1.807) is 24.4 Å². The number of halogens is 3. The number of carbonyl (C=O) groups excluding carboxylic acids is 2. The van der Waals surface area contributed by atoms with E-state index in [4.69, 9.17) is 27.9 Å². The normalized spacial score (nSPS) is 17.7. The first-order chi connectivity index (χ1) is 14.2. The first kappa shape index (κ1) is 20.2. The van der Waals surface area contributed by atoms with Crippen LogP contribution in [-0.2, 0) is 16.1 Å². The maximum Gasteiger partial charge on any atom is 0.278 e. The van der Waals surface area contributed by atoms with Gasteiger partial charge in [-0.05, 0) is 42.8 Å². The molecule has 0 aliphatic carbocycles. The van der Waals surface area contributed by atoms with Gasteiger partial charge in [0.25, 0.3) is 17.4 Å². The Morgan fingerprint density at radius 3 is 2.87 bits per heavy atom. The summed E-state index contributed by atoms with van der Waals surface area (Å²) < 4.78 is 20.4. The lowest BCUT2D eigenvalue weighted by atomic mass is 10.0. The number of hydrogen-bond donors (Lipinski definition) is 2. The molecule has 2 aromatic carbocycles. The van der Waals surface area contributed by atoms with E-state index in [2.05, 4.69) is 15.7 Å². The molecule has 10 heteroatoms. The Balaban J connectivity index is 1.49. The molecule has 0 radical (unpaired) electrons. The van der Waals surface area contributed by atoms with Crippen molar-refractivity contribution < 1.29 is 18.7 Å². The van der Waals surface area contributed by atoms with Gasteiger partial charge < -0.3 is 15.4 Å². The molecule has 30 heavy (non-hydrogen) atoms. The van der Waals surface area contributed by atoms with Gasteiger partial charge in [-0.15, -0.1) is 0 Å². The van der Waals surface area contributed by atoms with E-state index in [0.29, 0.717) is 27.7 Å². The van der Waals surface area contributed by atoms with Crippen LogP contribution in [0.25, 0.3) is 0 Å². The number of nitrogens with zero attached hydrogens (tertiary/aromatic N) is 2. The van der Waals surface area contributed by atoms with Crippen molar-refractivity contribution in [2.24, 2.45) is 0 Å². The lowest BCUT2D eigenvalue weighted by molar-refractivity contribution is -0.143. The molecule has 3 aromatic rings. The van der Waals surface area contributed by atoms with Crippen molar-refractivity contribution in [3.8, 4) is 5.75 Å². The zero-order chi connectivity index (χ0) is 21.5. The van der Waals surface area contributed by atoms with E-state index in [-0.39, 0.29) is 11.6 Å². The molecule has 1 aliphatic heterocycles. The minimum absolute atomic E-state index is 0.273. The van der Waals surface area contributed by atoms with E-state index < -0.39 is 23.2 Å². The van der Waals surface area contributed by atoms with Crippen molar-refractivity contribution in [2.75, 3.05) is 10.6 Å². The molecule has 4 rings (SSSR count). The van der Waals surface area contributed by atoms with E-state index in [0.717, 1.165) is 0 Å². The van der Waals surface area contributed by atoms with Crippen molar-refractivity contribution in [2.45, 2.75) is 19.1 Å². The van der Waals surface area contributed by atoms with Crippen molar-refractivity contribution >= 4 is 46.4 Å². The number of ether oxygens (including phenoxy) is 1.